The third kappa shape index (κ3) is 5.00. The monoisotopic (exact) mass is 303 g/mol. The van der Waals surface area contributed by atoms with Crippen molar-refractivity contribution in [3.63, 3.8) is 0 Å². The van der Waals surface area contributed by atoms with Gasteiger partial charge in [-0.1, -0.05) is 29.8 Å². The van der Waals surface area contributed by atoms with Crippen LogP contribution in [0.25, 0.3) is 0 Å². The molecule has 110 valence electrons. The van der Waals surface area contributed by atoms with Crippen molar-refractivity contribution in [3.05, 3.63) is 59.1 Å². The van der Waals surface area contributed by atoms with Gasteiger partial charge in [0.05, 0.1) is 0 Å². The first-order chi connectivity index (χ1) is 10.1. The van der Waals surface area contributed by atoms with Crippen LogP contribution in [-0.4, -0.2) is 12.6 Å². The summed E-state index contributed by atoms with van der Waals surface area (Å²) >= 11 is 5.78. The zero-order chi connectivity index (χ0) is 15.1. The number of hydrogen-bond donors (Lipinski definition) is 3. The zero-order valence-corrected chi connectivity index (χ0v) is 12.4. The second-order valence-corrected chi connectivity index (χ2v) is 5.13. The molecule has 0 saturated heterocycles. The predicted octanol–water partition coefficient (Wildman–Crippen LogP) is 3.68. The maximum absolute atomic E-state index is 11.7. The summed E-state index contributed by atoms with van der Waals surface area (Å²) in [6, 6.07) is 14.5. The van der Waals surface area contributed by atoms with Crippen molar-refractivity contribution in [1.29, 1.82) is 0 Å². The average molecular weight is 304 g/mol. The minimum absolute atomic E-state index is 0.224. The number of amides is 2. The lowest BCUT2D eigenvalue weighted by atomic mass is 10.1. The molecule has 0 aliphatic heterocycles. The number of nitrogens with one attached hydrogen (secondary N) is 2. The van der Waals surface area contributed by atoms with Crippen molar-refractivity contribution < 1.29 is 4.79 Å². The summed E-state index contributed by atoms with van der Waals surface area (Å²) in [5.74, 6) is 0. The lowest BCUT2D eigenvalue weighted by Crippen LogP contribution is -2.29. The van der Waals surface area contributed by atoms with Crippen molar-refractivity contribution in [2.24, 2.45) is 0 Å². The van der Waals surface area contributed by atoms with E-state index in [1.807, 2.05) is 24.3 Å². The largest absolute Gasteiger partial charge is 0.399 e. The molecule has 0 aliphatic carbocycles. The topological polar surface area (TPSA) is 67.1 Å². The molecule has 4 nitrogen and oxygen atoms in total. The van der Waals surface area contributed by atoms with Crippen molar-refractivity contribution in [1.82, 2.24) is 5.32 Å². The third-order valence-electron chi connectivity index (χ3n) is 3.07. The first-order valence-corrected chi connectivity index (χ1v) is 7.17. The van der Waals surface area contributed by atoms with E-state index in [1.165, 1.54) is 0 Å². The highest BCUT2D eigenvalue weighted by Gasteiger charge is 2.02. The number of halogens is 1. The van der Waals surface area contributed by atoms with E-state index in [-0.39, 0.29) is 6.03 Å². The Labute approximate surface area is 129 Å². The smallest absolute Gasteiger partial charge is 0.319 e. The number of urea groups is 1. The van der Waals surface area contributed by atoms with Gasteiger partial charge in [-0.25, -0.2) is 4.79 Å². The van der Waals surface area contributed by atoms with Gasteiger partial charge in [0.1, 0.15) is 0 Å². The quantitative estimate of drug-likeness (QED) is 0.582. The number of aryl methyl sites for hydroxylation is 1. The lowest BCUT2D eigenvalue weighted by Gasteiger charge is -2.08. The normalized spacial score (nSPS) is 10.1. The van der Waals surface area contributed by atoms with Gasteiger partial charge in [-0.2, -0.15) is 0 Å². The molecular formula is C16H18ClN3O. The Morgan fingerprint density at radius 3 is 2.52 bits per heavy atom. The Morgan fingerprint density at radius 2 is 1.81 bits per heavy atom. The number of anilines is 2. The number of nitrogen functional groups attached to an aromatic ring is 1. The van der Waals surface area contributed by atoms with Gasteiger partial charge < -0.3 is 16.4 Å². The van der Waals surface area contributed by atoms with Crippen LogP contribution in [0.4, 0.5) is 16.2 Å². The van der Waals surface area contributed by atoms with Crippen LogP contribution in [0.3, 0.4) is 0 Å². The molecule has 2 amide bonds. The molecular weight excluding hydrogens is 286 g/mol. The molecule has 0 fully saturated rings. The van der Waals surface area contributed by atoms with Crippen LogP contribution in [0.2, 0.25) is 5.02 Å². The summed E-state index contributed by atoms with van der Waals surface area (Å²) in [4.78, 5) is 11.7. The standard InChI is InChI=1S/C16H18ClN3O/c17-13-7-9-14(10-8-13)20-16(21)19-11-3-5-12-4-1-2-6-15(12)18/h1-2,4,6-10H,3,5,11,18H2,(H2,19,20,21). The minimum atomic E-state index is -0.224. The molecule has 2 rings (SSSR count). The summed E-state index contributed by atoms with van der Waals surface area (Å²) in [5, 5.41) is 6.20. The predicted molar refractivity (Wildman–Crippen MR) is 87.6 cm³/mol. The summed E-state index contributed by atoms with van der Waals surface area (Å²) < 4.78 is 0. The number of benzene rings is 2. The van der Waals surface area contributed by atoms with Crippen LogP contribution in [0, 0.1) is 0 Å². The van der Waals surface area contributed by atoms with Gasteiger partial charge in [-0.05, 0) is 48.7 Å². The van der Waals surface area contributed by atoms with Crippen molar-refractivity contribution in [3.8, 4) is 0 Å². The summed E-state index contributed by atoms with van der Waals surface area (Å²) in [7, 11) is 0. The molecule has 4 N–H and O–H groups in total. The molecule has 0 aromatic heterocycles. The van der Waals surface area contributed by atoms with Gasteiger partial charge in [-0.3, -0.25) is 0 Å². The summed E-state index contributed by atoms with van der Waals surface area (Å²) in [6.07, 6.45) is 1.68. The molecule has 0 atom stereocenters. The van der Waals surface area contributed by atoms with Crippen LogP contribution in [0.15, 0.2) is 48.5 Å². The van der Waals surface area contributed by atoms with E-state index < -0.39 is 0 Å². The third-order valence-corrected chi connectivity index (χ3v) is 3.32. The van der Waals surface area contributed by atoms with Gasteiger partial charge >= 0.3 is 6.03 Å². The SMILES string of the molecule is Nc1ccccc1CCCNC(=O)Nc1ccc(Cl)cc1. The fourth-order valence-corrected chi connectivity index (χ4v) is 2.08. The van der Waals surface area contributed by atoms with Crippen LogP contribution < -0.4 is 16.4 Å². The van der Waals surface area contributed by atoms with E-state index in [0.29, 0.717) is 17.3 Å². The Hall–Kier alpha value is -2.20. The van der Waals surface area contributed by atoms with Gasteiger partial charge in [0.15, 0.2) is 0 Å². The van der Waals surface area contributed by atoms with E-state index in [4.69, 9.17) is 17.3 Å². The van der Waals surface area contributed by atoms with Gasteiger partial charge in [0, 0.05) is 22.9 Å². The maximum atomic E-state index is 11.7. The molecule has 0 heterocycles. The van der Waals surface area contributed by atoms with Crippen LogP contribution in [-0.2, 0) is 6.42 Å². The molecule has 0 aliphatic rings. The molecule has 21 heavy (non-hydrogen) atoms. The van der Waals surface area contributed by atoms with E-state index in [2.05, 4.69) is 10.6 Å². The molecule has 0 spiro atoms. The van der Waals surface area contributed by atoms with Gasteiger partial charge in [0.2, 0.25) is 0 Å². The van der Waals surface area contributed by atoms with Gasteiger partial charge in [-0.15, -0.1) is 0 Å². The van der Waals surface area contributed by atoms with Crippen molar-refractivity contribution in [2.45, 2.75) is 12.8 Å². The number of carbonyl (C=O) groups is 1. The molecule has 2 aromatic carbocycles. The zero-order valence-electron chi connectivity index (χ0n) is 11.6. The van der Waals surface area contributed by atoms with Crippen molar-refractivity contribution >= 4 is 29.0 Å². The van der Waals surface area contributed by atoms with E-state index in [0.717, 1.165) is 24.1 Å². The number of rotatable bonds is 5. The highest BCUT2D eigenvalue weighted by Crippen LogP contribution is 2.13. The molecule has 0 bridgehead atoms. The average Bonchev–Trinajstić information content (AvgIpc) is 2.48. The van der Waals surface area contributed by atoms with Gasteiger partial charge in [0.25, 0.3) is 0 Å². The Bertz CT molecular complexity index is 599. The number of carbonyl (C=O) groups excluding carboxylic acids is 1. The fourth-order valence-electron chi connectivity index (χ4n) is 1.95. The summed E-state index contributed by atoms with van der Waals surface area (Å²) in [5.41, 5.74) is 8.48. The highest BCUT2D eigenvalue weighted by atomic mass is 35.5. The van der Waals surface area contributed by atoms with E-state index in [9.17, 15) is 4.79 Å². The van der Waals surface area contributed by atoms with Crippen LogP contribution in [0.5, 0.6) is 0 Å². The molecule has 5 heteroatoms. The Balaban J connectivity index is 1.70. The molecule has 0 saturated carbocycles. The number of hydrogen-bond acceptors (Lipinski definition) is 2. The lowest BCUT2D eigenvalue weighted by molar-refractivity contribution is 0.252. The van der Waals surface area contributed by atoms with Crippen molar-refractivity contribution in [2.75, 3.05) is 17.6 Å². The van der Waals surface area contributed by atoms with E-state index in [1.54, 1.807) is 24.3 Å². The van der Waals surface area contributed by atoms with Crippen LogP contribution in [0.1, 0.15) is 12.0 Å². The molecule has 0 unspecified atom stereocenters. The second-order valence-electron chi connectivity index (χ2n) is 4.69. The fraction of sp³-hybridized carbons (Fsp3) is 0.188. The highest BCUT2D eigenvalue weighted by molar-refractivity contribution is 6.30. The maximum Gasteiger partial charge on any atom is 0.319 e. The minimum Gasteiger partial charge on any atom is -0.399 e. The van der Waals surface area contributed by atoms with E-state index >= 15 is 0 Å². The Kier molecular flexibility index (Phi) is 5.46. The first-order valence-electron chi connectivity index (χ1n) is 6.79. The molecule has 0 radical (unpaired) electrons. The second kappa shape index (κ2) is 7.55. The Morgan fingerprint density at radius 1 is 1.10 bits per heavy atom. The number of nitrogens with two attached hydrogens (primary N) is 1. The summed E-state index contributed by atoms with van der Waals surface area (Å²) in [6.45, 7) is 0.591. The van der Waals surface area contributed by atoms with Crippen LogP contribution >= 0.6 is 11.6 Å². The molecule has 2 aromatic rings. The number of para-hydroxylation sites is 1. The first kappa shape index (κ1) is 15.2.